The fraction of sp³-hybridized carbons (Fsp3) is 0.500. The Kier molecular flexibility index (Phi) is 4.00. The largest absolute Gasteiger partial charge is 0.323 e. The van der Waals surface area contributed by atoms with E-state index in [0.29, 0.717) is 0 Å². The van der Waals surface area contributed by atoms with Gasteiger partial charge in [0.2, 0.25) is 0 Å². The molecule has 0 bridgehead atoms. The second-order valence-corrected chi connectivity index (χ2v) is 4.14. The molecule has 0 saturated carbocycles. The Morgan fingerprint density at radius 3 is 2.56 bits per heavy atom. The fourth-order valence-electron chi connectivity index (χ4n) is 1.52. The van der Waals surface area contributed by atoms with Crippen molar-refractivity contribution in [3.63, 3.8) is 0 Å². The molecule has 0 saturated heterocycles. The maximum absolute atomic E-state index is 8.60. The molecule has 0 aliphatic carbocycles. The number of rotatable bonds is 0. The van der Waals surface area contributed by atoms with Crippen LogP contribution < -0.4 is 24.1 Å². The standard InChI is InChI=1S/C8H12N3.ClHO4/c1-6-5-7(2)11-8(10-6)3-4-9-11;2-1(3,4)5/h5,9H,3-4H2,1-2H3;(H,2,3,4,5)/q+1;. The first-order valence-electron chi connectivity index (χ1n) is 4.53. The van der Waals surface area contributed by atoms with Gasteiger partial charge in [-0.2, -0.15) is 14.0 Å². The summed E-state index contributed by atoms with van der Waals surface area (Å²) in [5, 5.41) is 0. The summed E-state index contributed by atoms with van der Waals surface area (Å²) < 4.78 is 34.8. The van der Waals surface area contributed by atoms with E-state index in [1.807, 2.05) is 6.92 Å². The average molecular weight is 251 g/mol. The Bertz CT molecular complexity index is 374. The maximum Gasteiger partial charge on any atom is 0.323 e. The fourth-order valence-corrected chi connectivity index (χ4v) is 1.52. The van der Waals surface area contributed by atoms with Crippen LogP contribution in [-0.2, 0) is 6.42 Å². The number of hydrogen-bond donors (Lipinski definition) is 2. The molecule has 1 aliphatic heterocycles. The molecule has 0 unspecified atom stereocenters. The lowest BCUT2D eigenvalue weighted by Gasteiger charge is -2.03. The van der Waals surface area contributed by atoms with Crippen LogP contribution in [0.25, 0.3) is 0 Å². The molecular weight excluding hydrogens is 238 g/mol. The highest BCUT2D eigenvalue weighted by Crippen LogP contribution is 2.00. The number of nitrogens with zero attached hydrogens (tertiary/aromatic N) is 2. The third-order valence-corrected chi connectivity index (χ3v) is 1.95. The number of nitrogens with one attached hydrogen (secondary N) is 1. The summed E-state index contributed by atoms with van der Waals surface area (Å²) in [6.07, 6.45) is 1.04. The van der Waals surface area contributed by atoms with Gasteiger partial charge in [-0.3, -0.25) is 5.43 Å². The second kappa shape index (κ2) is 4.89. The van der Waals surface area contributed by atoms with E-state index in [4.69, 9.17) is 18.6 Å². The lowest BCUT2D eigenvalue weighted by molar-refractivity contribution is -1.92. The first-order chi connectivity index (χ1) is 7.27. The smallest absolute Gasteiger partial charge is 0.255 e. The van der Waals surface area contributed by atoms with Gasteiger partial charge >= 0.3 is 5.82 Å². The molecule has 2 N–H and O–H groups in total. The molecule has 8 heteroatoms. The van der Waals surface area contributed by atoms with Crippen molar-refractivity contribution in [2.75, 3.05) is 12.0 Å². The predicted octanol–water partition coefficient (Wildman–Crippen LogP) is -4.04. The summed E-state index contributed by atoms with van der Waals surface area (Å²) >= 11 is 0. The van der Waals surface area contributed by atoms with Crippen molar-refractivity contribution >= 4 is 0 Å². The van der Waals surface area contributed by atoms with Crippen LogP contribution in [0.1, 0.15) is 17.2 Å². The molecule has 0 radical (unpaired) electrons. The Labute approximate surface area is 94.7 Å². The third-order valence-electron chi connectivity index (χ3n) is 1.95. The van der Waals surface area contributed by atoms with Crippen LogP contribution in [0.3, 0.4) is 0 Å². The Morgan fingerprint density at radius 2 is 2.00 bits per heavy atom. The molecule has 2 heterocycles. The van der Waals surface area contributed by atoms with Crippen LogP contribution in [0.2, 0.25) is 0 Å². The van der Waals surface area contributed by atoms with E-state index in [-0.39, 0.29) is 0 Å². The van der Waals surface area contributed by atoms with Crippen molar-refractivity contribution < 1.29 is 33.6 Å². The molecule has 0 fully saturated rings. The minimum Gasteiger partial charge on any atom is -0.255 e. The van der Waals surface area contributed by atoms with Crippen molar-refractivity contribution in [1.82, 2.24) is 4.98 Å². The Morgan fingerprint density at radius 1 is 1.44 bits per heavy atom. The van der Waals surface area contributed by atoms with Crippen LogP contribution in [0.5, 0.6) is 0 Å². The molecule has 0 amide bonds. The van der Waals surface area contributed by atoms with E-state index in [9.17, 15) is 0 Å². The van der Waals surface area contributed by atoms with Crippen LogP contribution in [0.4, 0.5) is 0 Å². The number of fused-ring (bicyclic) bond motifs is 1. The number of aromatic nitrogens is 2. The van der Waals surface area contributed by atoms with Crippen LogP contribution in [0, 0.1) is 24.1 Å². The summed E-state index contributed by atoms with van der Waals surface area (Å²) in [4.78, 5) is 4.42. The minimum absolute atomic E-state index is 1.01. The zero-order valence-electron chi connectivity index (χ0n) is 8.94. The summed E-state index contributed by atoms with van der Waals surface area (Å²) in [5.74, 6) is 1.16. The second-order valence-electron chi connectivity index (χ2n) is 3.34. The van der Waals surface area contributed by atoms with Gasteiger partial charge in [0.15, 0.2) is 5.69 Å². The van der Waals surface area contributed by atoms with Gasteiger partial charge in [0.05, 0.1) is 27.9 Å². The van der Waals surface area contributed by atoms with Crippen molar-refractivity contribution in [2.45, 2.75) is 20.3 Å². The molecule has 1 aromatic rings. The number of hydrogen-bond acceptors (Lipinski definition) is 6. The molecule has 90 valence electrons. The molecule has 1 aliphatic rings. The predicted molar refractivity (Wildman–Crippen MR) is 44.1 cm³/mol. The normalized spacial score (nSPS) is 13.6. The van der Waals surface area contributed by atoms with Crippen molar-refractivity contribution in [3.8, 4) is 0 Å². The molecule has 0 aromatic carbocycles. The van der Waals surface area contributed by atoms with Crippen LogP contribution >= 0.6 is 0 Å². The van der Waals surface area contributed by atoms with E-state index in [0.717, 1.165) is 24.5 Å². The molecule has 0 atom stereocenters. The molecule has 1 aromatic heterocycles. The van der Waals surface area contributed by atoms with Crippen molar-refractivity contribution in [1.29, 1.82) is 0 Å². The van der Waals surface area contributed by atoms with Crippen LogP contribution in [0.15, 0.2) is 6.07 Å². The van der Waals surface area contributed by atoms with Gasteiger partial charge in [-0.1, -0.05) is 0 Å². The molecular formula is C8H13ClN3O4+. The average Bonchev–Trinajstić information content (AvgIpc) is 2.47. The summed E-state index contributed by atoms with van der Waals surface area (Å²) in [6, 6.07) is 2.09. The highest BCUT2D eigenvalue weighted by Gasteiger charge is 2.21. The zero-order valence-corrected chi connectivity index (χ0v) is 9.69. The van der Waals surface area contributed by atoms with Gasteiger partial charge in [-0.25, -0.2) is 0 Å². The Balaban J connectivity index is 0.000000221. The van der Waals surface area contributed by atoms with Crippen molar-refractivity contribution in [2.24, 2.45) is 0 Å². The van der Waals surface area contributed by atoms with Gasteiger partial charge in [-0.05, 0) is 4.98 Å². The van der Waals surface area contributed by atoms with Gasteiger partial charge < -0.3 is 0 Å². The third kappa shape index (κ3) is 4.25. The molecule has 0 spiro atoms. The molecule has 7 nitrogen and oxygen atoms in total. The van der Waals surface area contributed by atoms with Gasteiger partial charge in [0, 0.05) is 19.9 Å². The topological polar surface area (TPSA) is 118 Å². The lowest BCUT2D eigenvalue weighted by atomic mass is 10.3. The maximum atomic E-state index is 8.60. The van der Waals surface area contributed by atoms with E-state index in [1.165, 1.54) is 5.69 Å². The quantitative estimate of drug-likeness (QED) is 0.453. The Hall–Kier alpha value is -0.990. The highest BCUT2D eigenvalue weighted by atomic mass is 35.7. The van der Waals surface area contributed by atoms with E-state index < -0.39 is 10.2 Å². The van der Waals surface area contributed by atoms with Gasteiger partial charge in [0.1, 0.15) is 5.69 Å². The minimum atomic E-state index is -4.69. The monoisotopic (exact) mass is 250 g/mol. The highest BCUT2D eigenvalue weighted by molar-refractivity contribution is 5.04. The van der Waals surface area contributed by atoms with Gasteiger partial charge in [0.25, 0.3) is 0 Å². The van der Waals surface area contributed by atoms with Gasteiger partial charge in [-0.15, -0.1) is 4.68 Å². The SMILES string of the molecule is Cc1cc(C)[n+]2c(n1)CCN2.[O-][Cl+3]([O-])([O-])O. The summed E-state index contributed by atoms with van der Waals surface area (Å²) in [5.41, 5.74) is 5.60. The zero-order chi connectivity index (χ0) is 12.3. The number of halogens is 1. The van der Waals surface area contributed by atoms with E-state index in [1.54, 1.807) is 0 Å². The molecule has 2 rings (SSSR count). The first-order valence-corrected chi connectivity index (χ1v) is 5.80. The van der Waals surface area contributed by atoms with E-state index >= 15 is 0 Å². The lowest BCUT2D eigenvalue weighted by Crippen LogP contribution is -2.58. The molecule has 16 heavy (non-hydrogen) atoms. The number of aryl methyl sites for hydroxylation is 2. The van der Waals surface area contributed by atoms with Crippen LogP contribution in [-0.4, -0.2) is 16.2 Å². The van der Waals surface area contributed by atoms with Crippen molar-refractivity contribution in [3.05, 3.63) is 23.3 Å². The summed E-state index contributed by atoms with van der Waals surface area (Å²) in [6.45, 7) is 5.14. The summed E-state index contributed by atoms with van der Waals surface area (Å²) in [7, 11) is -4.69. The first kappa shape index (κ1) is 13.1. The van der Waals surface area contributed by atoms with E-state index in [2.05, 4.69) is 28.1 Å².